The van der Waals surface area contributed by atoms with E-state index in [2.05, 4.69) is 9.47 Å². The molecule has 0 aliphatic heterocycles. The van der Waals surface area contributed by atoms with Gasteiger partial charge in [0, 0.05) is 6.92 Å². The zero-order chi connectivity index (χ0) is 15.9. The molecule has 0 fully saturated rings. The average Bonchev–Trinajstić information content (AvgIpc) is 2.23. The van der Waals surface area contributed by atoms with Crippen LogP contribution in [0.25, 0.3) is 0 Å². The molecule has 10 nitrogen and oxygen atoms in total. The van der Waals surface area contributed by atoms with E-state index in [0.717, 1.165) is 6.92 Å². The third kappa shape index (κ3) is 17.6. The number of rotatable bonds is 7. The minimum atomic E-state index is -2.85. The number of esters is 3. The summed E-state index contributed by atoms with van der Waals surface area (Å²) >= 11 is 0. The maximum absolute atomic E-state index is 11.2. The molecule has 14 heteroatoms. The molecule has 1 unspecified atom stereocenters. The van der Waals surface area contributed by atoms with Crippen molar-refractivity contribution < 1.29 is 48.8 Å². The van der Waals surface area contributed by atoms with Crippen molar-refractivity contribution in [1.29, 1.82) is 0 Å². The summed E-state index contributed by atoms with van der Waals surface area (Å²) in [4.78, 5) is 53.5. The number of hydrogen-bond acceptors (Lipinski definition) is 8. The maximum atomic E-state index is 11.2. The first-order chi connectivity index (χ1) is 9.06. The van der Waals surface area contributed by atoms with E-state index in [9.17, 15) is 29.1 Å². The van der Waals surface area contributed by atoms with Gasteiger partial charge in [0.2, 0.25) is 0 Å². The Morgan fingerprint density at radius 2 is 1.38 bits per heavy atom. The number of hydrogen-bond donors (Lipinski definition) is 3. The van der Waals surface area contributed by atoms with Gasteiger partial charge in [0.1, 0.15) is 0 Å². The van der Waals surface area contributed by atoms with Gasteiger partial charge in [-0.2, -0.15) is 0 Å². The van der Waals surface area contributed by atoms with E-state index in [1.165, 1.54) is 0 Å². The molecule has 0 aromatic carbocycles. The van der Waals surface area contributed by atoms with Crippen molar-refractivity contribution in [3.05, 3.63) is 0 Å². The van der Waals surface area contributed by atoms with Gasteiger partial charge in [0.25, 0.3) is 0 Å². The summed E-state index contributed by atoms with van der Waals surface area (Å²) in [6.07, 6.45) is -2.41. The molecule has 24 heavy (non-hydrogen) atoms. The molecule has 0 rings (SSSR count). The van der Waals surface area contributed by atoms with Crippen LogP contribution in [0.4, 0.5) is 0 Å². The second kappa shape index (κ2) is 18.5. The van der Waals surface area contributed by atoms with Gasteiger partial charge in [-0.15, -0.1) is 0 Å². The van der Waals surface area contributed by atoms with Crippen molar-refractivity contribution in [2.75, 3.05) is 6.61 Å². The van der Waals surface area contributed by atoms with Crippen molar-refractivity contribution in [3.63, 3.8) is 0 Å². The Labute approximate surface area is 246 Å². The molecule has 0 bridgehead atoms. The summed E-state index contributed by atoms with van der Waals surface area (Å²) in [6.45, 7) is -0.0308. The summed E-state index contributed by atoms with van der Waals surface area (Å²) in [5.74, 6) is -7.03. The van der Waals surface area contributed by atoms with Crippen LogP contribution in [0.15, 0.2) is 0 Å². The van der Waals surface area contributed by atoms with Crippen LogP contribution in [0.5, 0.6) is 0 Å². The predicted octanol–water partition coefficient (Wildman–Crippen LogP) is -4.29. The molecule has 1 atom stereocenters. The Morgan fingerprint density at radius 3 is 1.71 bits per heavy atom. The fourth-order valence-corrected chi connectivity index (χ4v) is 1.08. The third-order valence-electron chi connectivity index (χ3n) is 1.89. The Hall–Kier alpha value is 2.15. The van der Waals surface area contributed by atoms with Crippen LogP contribution in [-0.2, 0) is 33.4 Å². The Morgan fingerprint density at radius 1 is 0.917 bits per heavy atom. The second-order valence-electron chi connectivity index (χ2n) is 3.71. The van der Waals surface area contributed by atoms with Gasteiger partial charge in [0.15, 0.2) is 12.2 Å². The molecule has 0 amide bonds. The fraction of sp³-hybridized carbons (Fsp3) is 0.500. The summed E-state index contributed by atoms with van der Waals surface area (Å²) in [5, 5.41) is 26.6. The summed E-state index contributed by atoms with van der Waals surface area (Å²) < 4.78 is 8.26. The van der Waals surface area contributed by atoms with Crippen LogP contribution in [0.3, 0.4) is 0 Å². The molecule has 0 saturated carbocycles. The van der Waals surface area contributed by atoms with Gasteiger partial charge >= 0.3 is 170 Å². The fourth-order valence-electron chi connectivity index (χ4n) is 1.08. The van der Waals surface area contributed by atoms with Crippen LogP contribution >= 0.6 is 0 Å². The number of aliphatic carboxylic acids is 2. The average molecular weight is 404 g/mol. The summed E-state index contributed by atoms with van der Waals surface area (Å²) in [5.41, 5.74) is -2.85. The molecule has 0 saturated heterocycles. The topological polar surface area (TPSA) is 165 Å². The predicted molar refractivity (Wildman–Crippen MR) is 85.8 cm³/mol. The van der Waals surface area contributed by atoms with Crippen molar-refractivity contribution >= 4 is 170 Å². The molecule has 0 aromatic rings. The van der Waals surface area contributed by atoms with Crippen LogP contribution in [-0.4, -0.2) is 197 Å². The standard InChI is InChI=1S/C10H12O10.K.3Na.4H/c1-5(11)20-8(15)4-19-7(14)3-10(18,9(16)17)2-6(12)13;;;;;;;;/h18H,2-4H2,1H3,(H,12,13)(H,16,17);;;;;;;;. The number of carbonyl (C=O) groups is 5. The summed E-state index contributed by atoms with van der Waals surface area (Å²) in [6, 6.07) is 0. The van der Waals surface area contributed by atoms with Crippen LogP contribution in [0.1, 0.15) is 19.8 Å². The van der Waals surface area contributed by atoms with Crippen molar-refractivity contribution in [2.45, 2.75) is 25.4 Å². The summed E-state index contributed by atoms with van der Waals surface area (Å²) in [7, 11) is 0. The van der Waals surface area contributed by atoms with E-state index >= 15 is 0 Å². The molecule has 0 heterocycles. The number of carboxylic acids is 2. The van der Waals surface area contributed by atoms with E-state index in [4.69, 9.17) is 10.2 Å². The van der Waals surface area contributed by atoms with Crippen LogP contribution in [0.2, 0.25) is 0 Å². The molecule has 0 aromatic heterocycles. The molecular weight excluding hydrogens is 388 g/mol. The van der Waals surface area contributed by atoms with Gasteiger partial charge in [0.05, 0.1) is 12.8 Å². The zero-order valence-corrected chi connectivity index (χ0v) is 10.3. The Bertz CT molecular complexity index is 458. The van der Waals surface area contributed by atoms with Gasteiger partial charge in [-0.05, 0) is 0 Å². The first-order valence-corrected chi connectivity index (χ1v) is 5.11. The number of aliphatic hydroxyl groups is 1. The second-order valence-corrected chi connectivity index (χ2v) is 3.71. The van der Waals surface area contributed by atoms with Gasteiger partial charge in [-0.3, -0.25) is 14.4 Å². The van der Waals surface area contributed by atoms with Crippen molar-refractivity contribution in [2.24, 2.45) is 0 Å². The van der Waals surface area contributed by atoms with Crippen LogP contribution < -0.4 is 0 Å². The third-order valence-corrected chi connectivity index (χ3v) is 1.89. The van der Waals surface area contributed by atoms with Gasteiger partial charge < -0.3 is 24.8 Å². The van der Waals surface area contributed by atoms with Crippen molar-refractivity contribution in [3.8, 4) is 0 Å². The molecule has 0 aliphatic carbocycles. The van der Waals surface area contributed by atoms with E-state index in [1.807, 2.05) is 0 Å². The SMILES string of the molecule is CC(=O)OC(=O)COC(=O)CC(O)(CC(=O)O)C(=O)O.[KH].[NaH].[NaH].[NaH]. The zero-order valence-electron chi connectivity index (χ0n) is 10.3. The monoisotopic (exact) mass is 404 g/mol. The first kappa shape index (κ1) is 37.0. The number of carbonyl (C=O) groups excluding carboxylic acids is 3. The quantitative estimate of drug-likeness (QED) is 0.215. The molecular formula is C10H16KNa3O10. The van der Waals surface area contributed by atoms with Crippen molar-refractivity contribution in [1.82, 2.24) is 0 Å². The molecule has 0 aliphatic rings. The molecule has 0 radical (unpaired) electrons. The van der Waals surface area contributed by atoms with Crippen LogP contribution in [0, 0.1) is 0 Å². The van der Waals surface area contributed by atoms with Gasteiger partial charge in [-0.1, -0.05) is 0 Å². The Kier molecular flexibility index (Phi) is 28.5. The minimum absolute atomic E-state index is 0. The molecule has 120 valence electrons. The number of carboxylic acid groups (broad SMARTS) is 2. The van der Waals surface area contributed by atoms with E-state index in [1.54, 1.807) is 0 Å². The molecule has 3 N–H and O–H groups in total. The molecule has 0 spiro atoms. The normalized spacial score (nSPS) is 10.8. The van der Waals surface area contributed by atoms with Gasteiger partial charge in [-0.25, -0.2) is 9.59 Å². The van der Waals surface area contributed by atoms with E-state index in [-0.39, 0.29) is 140 Å². The Balaban J connectivity index is -0.000000301. The van der Waals surface area contributed by atoms with E-state index in [0.29, 0.717) is 0 Å². The first-order valence-electron chi connectivity index (χ1n) is 5.11. The van der Waals surface area contributed by atoms with E-state index < -0.39 is 54.9 Å². The number of ether oxygens (including phenoxy) is 2.